The molecule has 0 heterocycles. The largest absolute Gasteiger partial charge is 0.493 e. The van der Waals surface area contributed by atoms with Crippen molar-refractivity contribution in [1.29, 1.82) is 0 Å². The van der Waals surface area contributed by atoms with Crippen LogP contribution in [0.15, 0.2) is 18.2 Å². The van der Waals surface area contributed by atoms with E-state index in [1.807, 2.05) is 18.2 Å². The molecular formula is C14H23NO3. The SMILES string of the molecule is COc1cc(CNC(C)C)ccc1OCCCO. The van der Waals surface area contributed by atoms with Gasteiger partial charge in [0.15, 0.2) is 11.5 Å². The van der Waals surface area contributed by atoms with E-state index in [0.717, 1.165) is 23.6 Å². The summed E-state index contributed by atoms with van der Waals surface area (Å²) < 4.78 is 10.9. The van der Waals surface area contributed by atoms with Gasteiger partial charge in [0.2, 0.25) is 0 Å². The smallest absolute Gasteiger partial charge is 0.161 e. The number of aliphatic hydroxyl groups is 1. The number of rotatable bonds is 8. The predicted molar refractivity (Wildman–Crippen MR) is 72.2 cm³/mol. The van der Waals surface area contributed by atoms with Crippen LogP contribution in [0.4, 0.5) is 0 Å². The van der Waals surface area contributed by atoms with E-state index >= 15 is 0 Å². The second-order valence-electron chi connectivity index (χ2n) is 4.45. The maximum Gasteiger partial charge on any atom is 0.161 e. The second-order valence-corrected chi connectivity index (χ2v) is 4.45. The lowest BCUT2D eigenvalue weighted by molar-refractivity contribution is 0.228. The molecule has 0 aliphatic heterocycles. The fourth-order valence-corrected chi connectivity index (χ4v) is 1.51. The van der Waals surface area contributed by atoms with Crippen molar-refractivity contribution >= 4 is 0 Å². The highest BCUT2D eigenvalue weighted by molar-refractivity contribution is 5.42. The minimum atomic E-state index is 0.138. The van der Waals surface area contributed by atoms with Crippen molar-refractivity contribution in [3.05, 3.63) is 23.8 Å². The Morgan fingerprint density at radius 1 is 1.28 bits per heavy atom. The van der Waals surface area contributed by atoms with E-state index in [4.69, 9.17) is 14.6 Å². The average molecular weight is 253 g/mol. The molecule has 0 bridgehead atoms. The van der Waals surface area contributed by atoms with Crippen molar-refractivity contribution in [2.24, 2.45) is 0 Å². The minimum Gasteiger partial charge on any atom is -0.493 e. The molecule has 18 heavy (non-hydrogen) atoms. The van der Waals surface area contributed by atoms with Gasteiger partial charge in [-0.15, -0.1) is 0 Å². The molecule has 0 radical (unpaired) electrons. The molecule has 1 aromatic carbocycles. The van der Waals surface area contributed by atoms with Crippen LogP contribution in [0.5, 0.6) is 11.5 Å². The van der Waals surface area contributed by atoms with Crippen LogP contribution in [0, 0.1) is 0 Å². The van der Waals surface area contributed by atoms with Crippen molar-refractivity contribution in [3.8, 4) is 11.5 Å². The van der Waals surface area contributed by atoms with Crippen LogP contribution in [-0.2, 0) is 6.54 Å². The van der Waals surface area contributed by atoms with E-state index in [1.165, 1.54) is 0 Å². The molecular weight excluding hydrogens is 230 g/mol. The Morgan fingerprint density at radius 3 is 2.67 bits per heavy atom. The minimum absolute atomic E-state index is 0.138. The van der Waals surface area contributed by atoms with Gasteiger partial charge in [-0.2, -0.15) is 0 Å². The predicted octanol–water partition coefficient (Wildman–Crippen LogP) is 1.95. The van der Waals surface area contributed by atoms with Crippen molar-refractivity contribution < 1.29 is 14.6 Å². The summed E-state index contributed by atoms with van der Waals surface area (Å²) in [5, 5.41) is 12.1. The molecule has 0 aliphatic rings. The summed E-state index contributed by atoms with van der Waals surface area (Å²) in [5.74, 6) is 1.45. The monoisotopic (exact) mass is 253 g/mol. The molecule has 0 fully saturated rings. The lowest BCUT2D eigenvalue weighted by Crippen LogP contribution is -2.21. The Kier molecular flexibility index (Phi) is 6.54. The number of ether oxygens (including phenoxy) is 2. The molecule has 0 saturated carbocycles. The van der Waals surface area contributed by atoms with E-state index in [2.05, 4.69) is 19.2 Å². The van der Waals surface area contributed by atoms with Crippen LogP contribution in [0.3, 0.4) is 0 Å². The lowest BCUT2D eigenvalue weighted by Gasteiger charge is -2.13. The maximum absolute atomic E-state index is 8.72. The molecule has 1 rings (SSSR count). The van der Waals surface area contributed by atoms with E-state index in [9.17, 15) is 0 Å². The van der Waals surface area contributed by atoms with Gasteiger partial charge in [-0.3, -0.25) is 0 Å². The van der Waals surface area contributed by atoms with E-state index in [-0.39, 0.29) is 6.61 Å². The fraction of sp³-hybridized carbons (Fsp3) is 0.571. The van der Waals surface area contributed by atoms with Crippen molar-refractivity contribution in [1.82, 2.24) is 5.32 Å². The second kappa shape index (κ2) is 7.95. The Morgan fingerprint density at radius 2 is 2.06 bits per heavy atom. The van der Waals surface area contributed by atoms with Gasteiger partial charge >= 0.3 is 0 Å². The van der Waals surface area contributed by atoms with Gasteiger partial charge in [-0.25, -0.2) is 0 Å². The molecule has 0 aromatic heterocycles. The molecule has 0 unspecified atom stereocenters. The van der Waals surface area contributed by atoms with Crippen molar-refractivity contribution in [2.45, 2.75) is 32.9 Å². The third-order valence-corrected chi connectivity index (χ3v) is 2.50. The third kappa shape index (κ3) is 4.94. The summed E-state index contributed by atoms with van der Waals surface area (Å²) in [5.41, 5.74) is 1.16. The Labute approximate surface area is 109 Å². The van der Waals surface area contributed by atoms with E-state index in [0.29, 0.717) is 19.1 Å². The number of benzene rings is 1. The number of aliphatic hydroxyl groups excluding tert-OH is 1. The van der Waals surface area contributed by atoms with Gasteiger partial charge in [-0.1, -0.05) is 19.9 Å². The first kappa shape index (κ1) is 14.8. The highest BCUT2D eigenvalue weighted by Crippen LogP contribution is 2.28. The van der Waals surface area contributed by atoms with Crippen LogP contribution in [0.25, 0.3) is 0 Å². The van der Waals surface area contributed by atoms with Crippen LogP contribution >= 0.6 is 0 Å². The van der Waals surface area contributed by atoms with Crippen LogP contribution in [0.2, 0.25) is 0 Å². The highest BCUT2D eigenvalue weighted by atomic mass is 16.5. The van der Waals surface area contributed by atoms with Gasteiger partial charge in [0.25, 0.3) is 0 Å². The first-order valence-corrected chi connectivity index (χ1v) is 6.31. The summed E-state index contributed by atoms with van der Waals surface area (Å²) in [6, 6.07) is 6.36. The number of hydrogen-bond acceptors (Lipinski definition) is 4. The van der Waals surface area contributed by atoms with Gasteiger partial charge in [0.1, 0.15) is 0 Å². The Balaban J connectivity index is 2.64. The van der Waals surface area contributed by atoms with E-state index < -0.39 is 0 Å². The molecule has 0 saturated heterocycles. The zero-order valence-corrected chi connectivity index (χ0v) is 11.4. The molecule has 4 heteroatoms. The molecule has 102 valence electrons. The standard InChI is InChI=1S/C14H23NO3/c1-11(2)15-10-12-5-6-13(14(9-12)17-3)18-8-4-7-16/h5-6,9,11,15-16H,4,7-8,10H2,1-3H3. The first-order chi connectivity index (χ1) is 8.67. The normalized spacial score (nSPS) is 10.7. The average Bonchev–Trinajstić information content (AvgIpc) is 2.37. The molecule has 0 spiro atoms. The summed E-state index contributed by atoms with van der Waals surface area (Å²) >= 11 is 0. The fourth-order valence-electron chi connectivity index (χ4n) is 1.51. The molecule has 0 amide bonds. The number of methoxy groups -OCH3 is 1. The molecule has 1 aromatic rings. The Bertz CT molecular complexity index is 353. The summed E-state index contributed by atoms with van der Waals surface area (Å²) in [7, 11) is 1.63. The molecule has 2 N–H and O–H groups in total. The van der Waals surface area contributed by atoms with E-state index in [1.54, 1.807) is 7.11 Å². The number of nitrogens with one attached hydrogen (secondary N) is 1. The van der Waals surface area contributed by atoms with Gasteiger partial charge in [-0.05, 0) is 17.7 Å². The summed E-state index contributed by atoms with van der Waals surface area (Å²) in [6.45, 7) is 5.67. The molecule has 0 atom stereocenters. The van der Waals surface area contributed by atoms with Crippen LogP contribution < -0.4 is 14.8 Å². The topological polar surface area (TPSA) is 50.7 Å². The summed E-state index contributed by atoms with van der Waals surface area (Å²) in [6.07, 6.45) is 0.625. The summed E-state index contributed by atoms with van der Waals surface area (Å²) in [4.78, 5) is 0. The molecule has 0 aliphatic carbocycles. The molecule has 4 nitrogen and oxygen atoms in total. The number of hydrogen-bond donors (Lipinski definition) is 2. The van der Waals surface area contributed by atoms with Gasteiger partial charge < -0.3 is 19.9 Å². The van der Waals surface area contributed by atoms with Crippen molar-refractivity contribution in [2.75, 3.05) is 20.3 Å². The zero-order chi connectivity index (χ0) is 13.4. The Hall–Kier alpha value is -1.26. The van der Waals surface area contributed by atoms with Gasteiger partial charge in [0, 0.05) is 25.6 Å². The lowest BCUT2D eigenvalue weighted by atomic mass is 10.2. The van der Waals surface area contributed by atoms with Crippen molar-refractivity contribution in [3.63, 3.8) is 0 Å². The first-order valence-electron chi connectivity index (χ1n) is 6.31. The van der Waals surface area contributed by atoms with Crippen LogP contribution in [0.1, 0.15) is 25.8 Å². The van der Waals surface area contributed by atoms with Gasteiger partial charge in [0.05, 0.1) is 13.7 Å². The quantitative estimate of drug-likeness (QED) is 0.695. The maximum atomic E-state index is 8.72. The highest BCUT2D eigenvalue weighted by Gasteiger charge is 2.06. The zero-order valence-electron chi connectivity index (χ0n) is 11.4. The van der Waals surface area contributed by atoms with Crippen LogP contribution in [-0.4, -0.2) is 31.5 Å². The third-order valence-electron chi connectivity index (χ3n) is 2.50.